The zero-order valence-electron chi connectivity index (χ0n) is 9.60. The van der Waals surface area contributed by atoms with Crippen LogP contribution in [0.3, 0.4) is 0 Å². The third-order valence-electron chi connectivity index (χ3n) is 1.54. The Bertz CT molecular complexity index is 202. The van der Waals surface area contributed by atoms with Crippen molar-refractivity contribution in [3.63, 3.8) is 0 Å². The molecule has 0 spiro atoms. The molecule has 0 fully saturated rings. The van der Waals surface area contributed by atoms with Gasteiger partial charge in [-0.05, 0) is 12.5 Å². The van der Waals surface area contributed by atoms with Crippen molar-refractivity contribution in [1.82, 2.24) is 0 Å². The maximum Gasteiger partial charge on any atom is 0.390 e. The maximum absolute atomic E-state index is 12.1. The molecule has 15 heavy (non-hydrogen) atoms. The molecule has 0 radical (unpaired) electrons. The Morgan fingerprint density at radius 1 is 1.27 bits per heavy atom. The molecule has 1 unspecified atom stereocenters. The Kier molecular flexibility index (Phi) is 8.30. The van der Waals surface area contributed by atoms with E-state index in [0.29, 0.717) is 6.42 Å². The van der Waals surface area contributed by atoms with Gasteiger partial charge in [0.15, 0.2) is 0 Å². The van der Waals surface area contributed by atoms with Gasteiger partial charge in [-0.1, -0.05) is 33.5 Å². The number of hydrogen-bond acceptors (Lipinski definition) is 1. The second-order valence-corrected chi connectivity index (χ2v) is 3.34. The molecule has 0 amide bonds. The Balaban J connectivity index is 0. The van der Waals surface area contributed by atoms with Crippen molar-refractivity contribution >= 4 is 5.84 Å². The summed E-state index contributed by atoms with van der Waals surface area (Å²) in [6, 6.07) is -1.69. The molecule has 0 heterocycles. The van der Waals surface area contributed by atoms with Gasteiger partial charge >= 0.3 is 6.18 Å². The van der Waals surface area contributed by atoms with E-state index in [1.165, 1.54) is 0 Å². The Morgan fingerprint density at radius 3 is 2.00 bits per heavy atom. The van der Waals surface area contributed by atoms with Crippen molar-refractivity contribution in [2.24, 2.45) is 4.99 Å². The molecule has 0 rings (SSSR count). The van der Waals surface area contributed by atoms with Gasteiger partial charge in [0.2, 0.25) is 0 Å². The molecule has 0 aromatic carbocycles. The number of alkyl halides is 3. The van der Waals surface area contributed by atoms with Gasteiger partial charge in [-0.3, -0.25) is 0 Å². The van der Waals surface area contributed by atoms with Crippen LogP contribution in [0.4, 0.5) is 13.2 Å². The van der Waals surface area contributed by atoms with E-state index in [1.54, 1.807) is 6.92 Å². The van der Waals surface area contributed by atoms with Crippen molar-refractivity contribution in [2.75, 3.05) is 0 Å². The van der Waals surface area contributed by atoms with Crippen LogP contribution in [0.1, 0.15) is 34.1 Å². The first-order chi connectivity index (χ1) is 6.27. The van der Waals surface area contributed by atoms with Gasteiger partial charge in [0.05, 0.1) is 6.04 Å². The van der Waals surface area contributed by atoms with Crippen LogP contribution in [0.15, 0.2) is 4.99 Å². The molecule has 0 aromatic rings. The minimum absolute atomic E-state index is 0. The van der Waals surface area contributed by atoms with Crippen molar-refractivity contribution < 1.29 is 32.6 Å². The smallest absolute Gasteiger partial charge is 0.390 e. The van der Waals surface area contributed by atoms with E-state index in [-0.39, 0.29) is 31.4 Å². The monoisotopic (exact) mass is 273 g/mol. The summed E-state index contributed by atoms with van der Waals surface area (Å²) < 4.78 is 36.4. The number of amidine groups is 1. The topological polar surface area (TPSA) is 26.5 Å². The maximum atomic E-state index is 12.1. The molecule has 2 nitrogen and oxygen atoms in total. The molecule has 0 saturated carbocycles. The van der Waals surface area contributed by atoms with Crippen LogP contribution >= 0.6 is 0 Å². The van der Waals surface area contributed by atoms with Crippen LogP contribution < -0.4 is 0 Å². The number of nitrogens with zero attached hydrogens (tertiary/aromatic N) is 2. The fourth-order valence-corrected chi connectivity index (χ4v) is 0.811. The Hall–Kier alpha value is -0.117. The quantitative estimate of drug-likeness (QED) is 0.428. The number of halogens is 3. The van der Waals surface area contributed by atoms with Gasteiger partial charge in [-0.15, -0.1) is 0 Å². The van der Waals surface area contributed by atoms with Gasteiger partial charge in [-0.25, -0.2) is 0 Å². The van der Waals surface area contributed by atoms with E-state index in [9.17, 15) is 13.2 Å². The first-order valence-electron chi connectivity index (χ1n) is 4.61. The average Bonchev–Trinajstić information content (AvgIpc) is 2.00. The molecule has 1 atom stereocenters. The van der Waals surface area contributed by atoms with Gasteiger partial charge in [0, 0.05) is 19.5 Å². The molecule has 0 N–H and O–H groups in total. The third-order valence-corrected chi connectivity index (χ3v) is 1.54. The van der Waals surface area contributed by atoms with Crippen molar-refractivity contribution in [3.05, 3.63) is 5.32 Å². The van der Waals surface area contributed by atoms with Crippen LogP contribution in [-0.2, 0) is 19.5 Å². The fraction of sp³-hybridized carbons (Fsp3) is 0.889. The average molecular weight is 275 g/mol. The summed E-state index contributed by atoms with van der Waals surface area (Å²) in [5, 5.41) is 3.53. The fourth-order valence-electron chi connectivity index (χ4n) is 0.811. The molecule has 0 saturated heterocycles. The van der Waals surface area contributed by atoms with Gasteiger partial charge in [-0.2, -0.15) is 13.2 Å². The third kappa shape index (κ3) is 7.77. The Morgan fingerprint density at radius 2 is 1.73 bits per heavy atom. The van der Waals surface area contributed by atoms with Crippen molar-refractivity contribution in [3.8, 4) is 0 Å². The molecule has 0 aliphatic heterocycles. The zero-order chi connectivity index (χ0) is 11.4. The molecule has 0 aliphatic rings. The predicted molar refractivity (Wildman–Crippen MR) is 51.7 cm³/mol. The van der Waals surface area contributed by atoms with Crippen molar-refractivity contribution in [2.45, 2.75) is 52.4 Å². The second kappa shape index (κ2) is 7.21. The van der Waals surface area contributed by atoms with Crippen LogP contribution in [0.5, 0.6) is 0 Å². The zero-order valence-corrected chi connectivity index (χ0v) is 12.6. The summed E-state index contributed by atoms with van der Waals surface area (Å²) in [6.07, 6.45) is -3.84. The predicted octanol–water partition coefficient (Wildman–Crippen LogP) is 3.53. The molecular weight excluding hydrogens is 258 g/mol. The van der Waals surface area contributed by atoms with Crippen LogP contribution in [0.25, 0.3) is 5.32 Å². The van der Waals surface area contributed by atoms with Crippen LogP contribution in [0, 0.1) is 0 Å². The number of rotatable bonds is 3. The molecule has 0 aromatic heterocycles. The van der Waals surface area contributed by atoms with E-state index in [2.05, 4.69) is 10.3 Å². The minimum Gasteiger partial charge on any atom is -0.466 e. The summed E-state index contributed by atoms with van der Waals surface area (Å²) in [6.45, 7) is 6.40. The largest absolute Gasteiger partial charge is 0.466 e. The van der Waals surface area contributed by atoms with Gasteiger partial charge in [0.25, 0.3) is 0 Å². The molecular formula is C9H16F3N2Zn-. The first kappa shape index (κ1) is 17.3. The van der Waals surface area contributed by atoms with Crippen LogP contribution in [-0.4, -0.2) is 24.1 Å². The molecule has 6 heteroatoms. The summed E-state index contributed by atoms with van der Waals surface area (Å²) >= 11 is 0. The van der Waals surface area contributed by atoms with E-state index in [1.807, 2.05) is 13.8 Å². The van der Waals surface area contributed by atoms with Crippen molar-refractivity contribution in [1.29, 1.82) is 0 Å². The van der Waals surface area contributed by atoms with Gasteiger partial charge < -0.3 is 10.3 Å². The minimum atomic E-state index is -4.27. The summed E-state index contributed by atoms with van der Waals surface area (Å²) in [4.78, 5) is 4.00. The van der Waals surface area contributed by atoms with E-state index < -0.39 is 12.2 Å². The molecule has 0 bridgehead atoms. The number of aliphatic imine (C=N–C) groups is 1. The SMILES string of the molecule is CCC(=NC(C)C)[N-]C(C)C(F)(F)F.[Zn]. The summed E-state index contributed by atoms with van der Waals surface area (Å²) in [7, 11) is 0. The first-order valence-corrected chi connectivity index (χ1v) is 4.61. The molecule has 86 valence electrons. The van der Waals surface area contributed by atoms with Crippen LogP contribution in [0.2, 0.25) is 0 Å². The van der Waals surface area contributed by atoms with E-state index in [0.717, 1.165) is 6.92 Å². The second-order valence-electron chi connectivity index (χ2n) is 3.34. The normalized spacial score (nSPS) is 14.8. The van der Waals surface area contributed by atoms with Gasteiger partial charge in [0.1, 0.15) is 0 Å². The standard InChI is InChI=1S/C9H16F3N2.Zn/c1-5-8(13-6(2)3)14-7(4)9(10,11)12;/h6-7H,5H2,1-4H3;/q-1;. The Labute approximate surface area is 101 Å². The summed E-state index contributed by atoms with van der Waals surface area (Å²) in [5.41, 5.74) is 0. The summed E-state index contributed by atoms with van der Waals surface area (Å²) in [5.74, 6) is 0.282. The number of hydrogen-bond donors (Lipinski definition) is 0. The van der Waals surface area contributed by atoms with E-state index in [4.69, 9.17) is 0 Å². The van der Waals surface area contributed by atoms with E-state index >= 15 is 0 Å². The molecule has 0 aliphatic carbocycles.